The maximum atomic E-state index is 13.2. The van der Waals surface area contributed by atoms with E-state index in [4.69, 9.17) is 0 Å². The van der Waals surface area contributed by atoms with Gasteiger partial charge < -0.3 is 5.32 Å². The van der Waals surface area contributed by atoms with E-state index in [2.05, 4.69) is 15.4 Å². The van der Waals surface area contributed by atoms with Crippen LogP contribution in [0.3, 0.4) is 0 Å². The molecule has 1 heterocycles. The first-order valence-corrected chi connectivity index (χ1v) is 7.16. The van der Waals surface area contributed by atoms with Crippen LogP contribution in [0.2, 0.25) is 0 Å². The molecule has 0 atom stereocenters. The van der Waals surface area contributed by atoms with Crippen molar-refractivity contribution in [3.63, 3.8) is 0 Å². The molecule has 0 unspecified atom stereocenters. The van der Waals surface area contributed by atoms with Crippen LogP contribution in [0.1, 0.15) is 18.1 Å². The second kappa shape index (κ2) is 6.48. The normalized spacial score (nSPS) is 11.9. The summed E-state index contributed by atoms with van der Waals surface area (Å²) in [5.74, 6) is 0. The van der Waals surface area contributed by atoms with Crippen LogP contribution in [-0.2, 0) is 19.8 Å². The van der Waals surface area contributed by atoms with Gasteiger partial charge in [-0.25, -0.2) is 9.67 Å². The lowest BCUT2D eigenvalue weighted by Gasteiger charge is -2.14. The van der Waals surface area contributed by atoms with E-state index in [1.165, 1.54) is 23.1 Å². The predicted molar refractivity (Wildman–Crippen MR) is 74.0 cm³/mol. The topological polar surface area (TPSA) is 42.7 Å². The van der Waals surface area contributed by atoms with Gasteiger partial charge in [-0.2, -0.15) is 18.3 Å². The van der Waals surface area contributed by atoms with E-state index in [0.29, 0.717) is 23.8 Å². The second-order valence-electron chi connectivity index (χ2n) is 4.38. The van der Waals surface area contributed by atoms with Crippen molar-refractivity contribution in [1.82, 2.24) is 20.1 Å². The molecule has 0 radical (unpaired) electrons. The molecule has 0 fully saturated rings. The number of nitrogens with zero attached hydrogens (tertiary/aromatic N) is 3. The number of aryl methyl sites for hydroxylation is 1. The van der Waals surface area contributed by atoms with Crippen molar-refractivity contribution in [2.24, 2.45) is 7.05 Å². The molecule has 0 saturated heterocycles. The molecule has 21 heavy (non-hydrogen) atoms. The van der Waals surface area contributed by atoms with Crippen LogP contribution >= 0.6 is 11.8 Å². The van der Waals surface area contributed by atoms with Gasteiger partial charge in [-0.05, 0) is 36.0 Å². The Morgan fingerprint density at radius 3 is 2.67 bits per heavy atom. The molecule has 2 rings (SSSR count). The minimum atomic E-state index is -4.40. The molecule has 0 aliphatic heterocycles. The van der Waals surface area contributed by atoms with E-state index in [-0.39, 0.29) is 4.90 Å². The third-order valence-corrected chi connectivity index (χ3v) is 3.93. The molecule has 0 aliphatic carbocycles. The number of rotatable bonds is 5. The molecule has 0 spiro atoms. The van der Waals surface area contributed by atoms with Crippen molar-refractivity contribution in [1.29, 1.82) is 0 Å². The van der Waals surface area contributed by atoms with Crippen LogP contribution in [0, 0.1) is 0 Å². The van der Waals surface area contributed by atoms with Crippen molar-refractivity contribution in [3.8, 4) is 0 Å². The van der Waals surface area contributed by atoms with Crippen LogP contribution < -0.4 is 5.32 Å². The molecule has 8 heteroatoms. The van der Waals surface area contributed by atoms with Crippen LogP contribution in [0.5, 0.6) is 0 Å². The average Bonchev–Trinajstić information content (AvgIpc) is 2.82. The highest BCUT2D eigenvalue weighted by Gasteiger charge is 2.34. The van der Waals surface area contributed by atoms with Crippen molar-refractivity contribution < 1.29 is 13.2 Å². The first-order chi connectivity index (χ1) is 9.91. The van der Waals surface area contributed by atoms with E-state index in [1.807, 2.05) is 6.92 Å². The highest BCUT2D eigenvalue weighted by molar-refractivity contribution is 7.99. The van der Waals surface area contributed by atoms with E-state index >= 15 is 0 Å². The maximum Gasteiger partial charge on any atom is 0.417 e. The SMILES string of the molecule is CCNCc1ccc(Sc2ncnn2C)c(C(F)(F)F)c1. The van der Waals surface area contributed by atoms with Crippen LogP contribution in [-0.4, -0.2) is 21.3 Å². The predicted octanol–water partition coefficient (Wildman–Crippen LogP) is 3.09. The Hall–Kier alpha value is -1.54. The highest BCUT2D eigenvalue weighted by Crippen LogP contribution is 2.39. The summed E-state index contributed by atoms with van der Waals surface area (Å²) in [4.78, 5) is 4.07. The summed E-state index contributed by atoms with van der Waals surface area (Å²) >= 11 is 0.956. The van der Waals surface area contributed by atoms with Crippen molar-refractivity contribution in [2.45, 2.75) is 29.7 Å². The lowest BCUT2D eigenvalue weighted by atomic mass is 10.1. The van der Waals surface area contributed by atoms with Gasteiger partial charge in [0.2, 0.25) is 0 Å². The first-order valence-electron chi connectivity index (χ1n) is 6.34. The zero-order valence-electron chi connectivity index (χ0n) is 11.6. The van der Waals surface area contributed by atoms with Crippen LogP contribution in [0.15, 0.2) is 34.6 Å². The van der Waals surface area contributed by atoms with E-state index in [1.54, 1.807) is 13.1 Å². The minimum absolute atomic E-state index is 0.124. The molecule has 2 aromatic rings. The Bertz CT molecular complexity index is 610. The molecule has 1 aromatic heterocycles. The van der Waals surface area contributed by atoms with Crippen molar-refractivity contribution in [2.75, 3.05) is 6.54 Å². The monoisotopic (exact) mass is 316 g/mol. The summed E-state index contributed by atoms with van der Waals surface area (Å²) in [5.41, 5.74) is -0.0441. The van der Waals surface area contributed by atoms with E-state index in [0.717, 1.165) is 11.8 Å². The van der Waals surface area contributed by atoms with Gasteiger partial charge in [-0.3, -0.25) is 0 Å². The summed E-state index contributed by atoms with van der Waals surface area (Å²) in [6.07, 6.45) is -3.09. The standard InChI is InChI=1S/C13H15F3N4S/c1-3-17-7-9-4-5-11(10(6-9)13(14,15)16)21-12-18-8-19-20(12)2/h4-6,8,17H,3,7H2,1-2H3. The minimum Gasteiger partial charge on any atom is -0.313 e. The number of aromatic nitrogens is 3. The summed E-state index contributed by atoms with van der Waals surface area (Å²) in [7, 11) is 1.64. The molecular formula is C13H15F3N4S. The molecule has 0 aliphatic rings. The largest absolute Gasteiger partial charge is 0.417 e. The Balaban J connectivity index is 2.33. The van der Waals surface area contributed by atoms with Gasteiger partial charge in [0.15, 0.2) is 5.16 Å². The third kappa shape index (κ3) is 3.98. The molecule has 0 bridgehead atoms. The summed E-state index contributed by atoms with van der Waals surface area (Å²) in [6.45, 7) is 3.02. The van der Waals surface area contributed by atoms with Gasteiger partial charge in [-0.1, -0.05) is 13.0 Å². The number of benzene rings is 1. The Kier molecular flexibility index (Phi) is 4.89. The summed E-state index contributed by atoms with van der Waals surface area (Å²) in [5, 5.41) is 7.29. The smallest absolute Gasteiger partial charge is 0.313 e. The zero-order valence-corrected chi connectivity index (χ0v) is 12.4. The number of nitrogens with one attached hydrogen (secondary N) is 1. The van der Waals surface area contributed by atoms with Crippen molar-refractivity contribution >= 4 is 11.8 Å². The first kappa shape index (κ1) is 15.8. The van der Waals surface area contributed by atoms with Gasteiger partial charge in [0.1, 0.15) is 6.33 Å². The van der Waals surface area contributed by atoms with Gasteiger partial charge >= 0.3 is 6.18 Å². The quantitative estimate of drug-likeness (QED) is 0.920. The molecule has 4 nitrogen and oxygen atoms in total. The van der Waals surface area contributed by atoms with Crippen molar-refractivity contribution in [3.05, 3.63) is 35.7 Å². The van der Waals surface area contributed by atoms with Gasteiger partial charge in [-0.15, -0.1) is 0 Å². The van der Waals surface area contributed by atoms with Crippen LogP contribution in [0.4, 0.5) is 13.2 Å². The van der Waals surface area contributed by atoms with Gasteiger partial charge in [0.05, 0.1) is 5.56 Å². The second-order valence-corrected chi connectivity index (χ2v) is 5.39. The number of hydrogen-bond acceptors (Lipinski definition) is 4. The molecule has 0 amide bonds. The number of alkyl halides is 3. The summed E-state index contributed by atoms with van der Waals surface area (Å²) < 4.78 is 41.1. The van der Waals surface area contributed by atoms with Crippen LogP contribution in [0.25, 0.3) is 0 Å². The lowest BCUT2D eigenvalue weighted by Crippen LogP contribution is -2.14. The molecule has 1 N–H and O–H groups in total. The maximum absolute atomic E-state index is 13.2. The zero-order chi connectivity index (χ0) is 15.5. The number of hydrogen-bond donors (Lipinski definition) is 1. The Labute approximate surface area is 124 Å². The fraction of sp³-hybridized carbons (Fsp3) is 0.385. The molecular weight excluding hydrogens is 301 g/mol. The molecule has 114 valence electrons. The highest BCUT2D eigenvalue weighted by atomic mass is 32.2. The van der Waals surface area contributed by atoms with Gasteiger partial charge in [0, 0.05) is 18.5 Å². The Morgan fingerprint density at radius 1 is 1.33 bits per heavy atom. The summed E-state index contributed by atoms with van der Waals surface area (Å²) in [6, 6.07) is 4.35. The Morgan fingerprint density at radius 2 is 2.10 bits per heavy atom. The lowest BCUT2D eigenvalue weighted by molar-refractivity contribution is -0.139. The van der Waals surface area contributed by atoms with Gasteiger partial charge in [0.25, 0.3) is 0 Å². The number of halogens is 3. The fourth-order valence-corrected chi connectivity index (χ4v) is 2.64. The molecule has 0 saturated carbocycles. The third-order valence-electron chi connectivity index (χ3n) is 2.80. The molecule has 1 aromatic carbocycles. The van der Waals surface area contributed by atoms with E-state index < -0.39 is 11.7 Å². The van der Waals surface area contributed by atoms with E-state index in [9.17, 15) is 13.2 Å². The fourth-order valence-electron chi connectivity index (χ4n) is 1.74. The average molecular weight is 316 g/mol.